The zero-order chi connectivity index (χ0) is 17.8. The molecular weight excluding hydrogens is 319 g/mol. The van der Waals surface area contributed by atoms with Crippen LogP contribution in [-0.2, 0) is 13.1 Å². The maximum absolute atomic E-state index is 13.9. The summed E-state index contributed by atoms with van der Waals surface area (Å²) < 4.78 is 13.9. The van der Waals surface area contributed by atoms with Gasteiger partial charge in [0.05, 0.1) is 6.54 Å². The summed E-state index contributed by atoms with van der Waals surface area (Å²) >= 11 is 0. The highest BCUT2D eigenvalue weighted by atomic mass is 19.1. The molecule has 2 amide bonds. The number of pyridine rings is 1. The predicted molar refractivity (Wildman–Crippen MR) is 95.8 cm³/mol. The van der Waals surface area contributed by atoms with Gasteiger partial charge in [-0.1, -0.05) is 18.2 Å². The molecular formula is C19H23FN4O. The molecule has 0 aliphatic heterocycles. The van der Waals surface area contributed by atoms with Gasteiger partial charge in [-0.3, -0.25) is 0 Å². The number of halogens is 1. The normalized spacial score (nSPS) is 13.4. The summed E-state index contributed by atoms with van der Waals surface area (Å²) in [6.45, 7) is 0.713. The largest absolute Gasteiger partial charge is 0.363 e. The molecule has 25 heavy (non-hydrogen) atoms. The van der Waals surface area contributed by atoms with Crippen molar-refractivity contribution in [1.82, 2.24) is 15.2 Å². The minimum atomic E-state index is -0.272. The van der Waals surface area contributed by atoms with E-state index in [0.717, 1.165) is 24.2 Å². The Labute approximate surface area is 147 Å². The van der Waals surface area contributed by atoms with Crippen LogP contribution in [0.25, 0.3) is 0 Å². The lowest BCUT2D eigenvalue weighted by Crippen LogP contribution is -2.40. The second kappa shape index (κ2) is 7.51. The van der Waals surface area contributed by atoms with Crippen LogP contribution in [0.5, 0.6) is 0 Å². The minimum Gasteiger partial charge on any atom is -0.363 e. The zero-order valence-electron chi connectivity index (χ0n) is 14.6. The van der Waals surface area contributed by atoms with Gasteiger partial charge in [0.15, 0.2) is 0 Å². The van der Waals surface area contributed by atoms with Gasteiger partial charge >= 0.3 is 6.03 Å². The van der Waals surface area contributed by atoms with Gasteiger partial charge in [-0.05, 0) is 36.6 Å². The Hall–Kier alpha value is -2.63. The Kier molecular flexibility index (Phi) is 5.16. The van der Waals surface area contributed by atoms with E-state index >= 15 is 0 Å². The van der Waals surface area contributed by atoms with Crippen LogP contribution in [0.4, 0.5) is 15.0 Å². The van der Waals surface area contributed by atoms with E-state index in [2.05, 4.69) is 10.3 Å². The van der Waals surface area contributed by atoms with E-state index in [-0.39, 0.29) is 17.9 Å². The number of nitrogens with zero attached hydrogens (tertiary/aromatic N) is 3. The molecule has 2 aromatic rings. The van der Waals surface area contributed by atoms with Crippen LogP contribution in [0.3, 0.4) is 0 Å². The minimum absolute atomic E-state index is 0.158. The highest BCUT2D eigenvalue weighted by Gasteiger charge is 2.32. The maximum Gasteiger partial charge on any atom is 0.318 e. The molecule has 1 saturated carbocycles. The van der Waals surface area contributed by atoms with Crippen molar-refractivity contribution in [2.75, 3.05) is 19.0 Å². The highest BCUT2D eigenvalue weighted by molar-refractivity contribution is 5.75. The monoisotopic (exact) mass is 342 g/mol. The molecule has 1 fully saturated rings. The van der Waals surface area contributed by atoms with Crippen molar-refractivity contribution in [2.45, 2.75) is 32.0 Å². The van der Waals surface area contributed by atoms with Gasteiger partial charge in [-0.2, -0.15) is 0 Å². The number of aromatic nitrogens is 1. The SMILES string of the molecule is CN(C)c1cc(CNC(=O)N(Cc2ccccc2F)C2CC2)ccn1. The number of carbonyl (C=O) groups is 1. The maximum atomic E-state index is 13.9. The number of benzene rings is 1. The lowest BCUT2D eigenvalue weighted by Gasteiger charge is -2.23. The summed E-state index contributed by atoms with van der Waals surface area (Å²) in [4.78, 5) is 20.5. The molecule has 1 aromatic carbocycles. The standard InChI is InChI=1S/C19H23FN4O/c1-23(2)18-11-14(9-10-21-18)12-22-19(25)24(16-7-8-16)13-15-5-3-4-6-17(15)20/h3-6,9-11,16H,7-8,12-13H2,1-2H3,(H,22,25). The smallest absolute Gasteiger partial charge is 0.318 e. The quantitative estimate of drug-likeness (QED) is 0.877. The highest BCUT2D eigenvalue weighted by Crippen LogP contribution is 2.29. The van der Waals surface area contributed by atoms with Crippen molar-refractivity contribution in [3.63, 3.8) is 0 Å². The van der Waals surface area contributed by atoms with E-state index in [1.807, 2.05) is 31.1 Å². The number of hydrogen-bond acceptors (Lipinski definition) is 3. The average Bonchev–Trinajstić information content (AvgIpc) is 3.44. The van der Waals surface area contributed by atoms with Crippen LogP contribution < -0.4 is 10.2 Å². The molecule has 0 bridgehead atoms. The van der Waals surface area contributed by atoms with E-state index in [9.17, 15) is 9.18 Å². The van der Waals surface area contributed by atoms with E-state index in [1.165, 1.54) is 6.07 Å². The van der Waals surface area contributed by atoms with Crippen LogP contribution in [0.2, 0.25) is 0 Å². The van der Waals surface area contributed by atoms with Crippen LogP contribution in [0, 0.1) is 5.82 Å². The number of rotatable bonds is 6. The molecule has 1 N–H and O–H groups in total. The summed E-state index contributed by atoms with van der Waals surface area (Å²) in [6, 6.07) is 10.5. The van der Waals surface area contributed by atoms with Gasteiger partial charge in [-0.25, -0.2) is 14.2 Å². The van der Waals surface area contributed by atoms with Gasteiger partial charge < -0.3 is 15.1 Å². The predicted octanol–water partition coefficient (Wildman–Crippen LogP) is 3.16. The molecule has 1 aliphatic rings. The molecule has 6 heteroatoms. The first-order valence-electron chi connectivity index (χ1n) is 8.44. The van der Waals surface area contributed by atoms with Gasteiger partial charge in [0.2, 0.25) is 0 Å². The fourth-order valence-electron chi connectivity index (χ4n) is 2.66. The van der Waals surface area contributed by atoms with E-state index in [0.29, 0.717) is 18.7 Å². The fourth-order valence-corrected chi connectivity index (χ4v) is 2.66. The third-order valence-corrected chi connectivity index (χ3v) is 4.26. The van der Waals surface area contributed by atoms with Crippen molar-refractivity contribution >= 4 is 11.8 Å². The van der Waals surface area contributed by atoms with E-state index in [1.54, 1.807) is 29.3 Å². The number of anilines is 1. The summed E-state index contributed by atoms with van der Waals surface area (Å²) in [7, 11) is 3.85. The third-order valence-electron chi connectivity index (χ3n) is 4.26. The molecule has 1 aliphatic carbocycles. The summed E-state index contributed by atoms with van der Waals surface area (Å²) in [5, 5.41) is 2.94. The molecule has 0 radical (unpaired) electrons. The van der Waals surface area contributed by atoms with Crippen molar-refractivity contribution in [3.05, 3.63) is 59.5 Å². The Balaban J connectivity index is 1.64. The first kappa shape index (κ1) is 17.2. The van der Waals surface area contributed by atoms with Gasteiger partial charge in [0.1, 0.15) is 11.6 Å². The Morgan fingerprint density at radius 1 is 1.28 bits per heavy atom. The van der Waals surface area contributed by atoms with E-state index in [4.69, 9.17) is 0 Å². The summed E-state index contributed by atoms with van der Waals surface area (Å²) in [6.07, 6.45) is 3.68. The average molecular weight is 342 g/mol. The van der Waals surface area contributed by atoms with Gasteiger partial charge in [-0.15, -0.1) is 0 Å². The molecule has 3 rings (SSSR count). The molecule has 5 nitrogen and oxygen atoms in total. The van der Waals surface area contributed by atoms with Crippen LogP contribution >= 0.6 is 0 Å². The van der Waals surface area contributed by atoms with Gasteiger partial charge in [0, 0.05) is 38.4 Å². The Morgan fingerprint density at radius 2 is 2.04 bits per heavy atom. The van der Waals surface area contributed by atoms with Crippen LogP contribution in [-0.4, -0.2) is 36.1 Å². The zero-order valence-corrected chi connectivity index (χ0v) is 14.6. The van der Waals surface area contributed by atoms with Crippen LogP contribution in [0.15, 0.2) is 42.6 Å². The number of urea groups is 1. The van der Waals surface area contributed by atoms with Crippen molar-refractivity contribution in [1.29, 1.82) is 0 Å². The van der Waals surface area contributed by atoms with Crippen molar-refractivity contribution < 1.29 is 9.18 Å². The first-order valence-corrected chi connectivity index (χ1v) is 8.44. The summed E-state index contributed by atoms with van der Waals surface area (Å²) in [5.41, 5.74) is 1.53. The molecule has 0 saturated heterocycles. The number of carbonyl (C=O) groups excluding carboxylic acids is 1. The molecule has 0 atom stereocenters. The molecule has 0 unspecified atom stereocenters. The number of amides is 2. The number of hydrogen-bond donors (Lipinski definition) is 1. The van der Waals surface area contributed by atoms with Crippen molar-refractivity contribution in [2.24, 2.45) is 0 Å². The number of nitrogens with one attached hydrogen (secondary N) is 1. The molecule has 0 spiro atoms. The first-order chi connectivity index (χ1) is 12.0. The van der Waals surface area contributed by atoms with E-state index < -0.39 is 0 Å². The third kappa shape index (κ3) is 4.47. The Bertz CT molecular complexity index is 746. The molecule has 1 heterocycles. The molecule has 132 valence electrons. The summed E-state index contributed by atoms with van der Waals surface area (Å²) in [5.74, 6) is 0.572. The fraction of sp³-hybridized carbons (Fsp3) is 0.368. The second-order valence-corrected chi connectivity index (χ2v) is 6.53. The van der Waals surface area contributed by atoms with Gasteiger partial charge in [0.25, 0.3) is 0 Å². The van der Waals surface area contributed by atoms with Crippen LogP contribution in [0.1, 0.15) is 24.0 Å². The second-order valence-electron chi connectivity index (χ2n) is 6.53. The molecule has 1 aromatic heterocycles. The topological polar surface area (TPSA) is 48.5 Å². The lowest BCUT2D eigenvalue weighted by atomic mass is 10.2. The lowest BCUT2D eigenvalue weighted by molar-refractivity contribution is 0.191. The Morgan fingerprint density at radius 3 is 2.72 bits per heavy atom. The van der Waals surface area contributed by atoms with Crippen molar-refractivity contribution in [3.8, 4) is 0 Å².